The third-order valence-corrected chi connectivity index (χ3v) is 6.15. The molecule has 0 fully saturated rings. The molecule has 0 spiro atoms. The third kappa shape index (κ3) is 28.1. The van der Waals surface area contributed by atoms with Gasteiger partial charge in [-0.15, -0.1) is 71.9 Å². The monoisotopic (exact) mass is 752 g/mol. The summed E-state index contributed by atoms with van der Waals surface area (Å²) in [6.45, 7) is 11.2. The van der Waals surface area contributed by atoms with E-state index in [1.54, 1.807) is 0 Å². The molecular formula is C25H57I3N+. The molecule has 29 heavy (non-hydrogen) atoms. The summed E-state index contributed by atoms with van der Waals surface area (Å²) in [6.07, 6.45) is 25.9. The fourth-order valence-corrected chi connectivity index (χ4v) is 4.16. The Labute approximate surface area is 237 Å². The molecule has 1 nitrogen and oxygen atoms in total. The minimum Gasteiger partial charge on any atom is -0.326 e. The number of hydrogen-bond donors (Lipinski definition) is 0. The van der Waals surface area contributed by atoms with Crippen molar-refractivity contribution in [1.29, 1.82) is 0 Å². The Kier molecular flexibility index (Phi) is 39.9. The molecule has 0 atom stereocenters. The maximum Gasteiger partial charge on any atom is 0.0784 e. The Hall–Kier alpha value is 2.15. The first-order valence-corrected chi connectivity index (χ1v) is 12.5. The van der Waals surface area contributed by atoms with Gasteiger partial charge in [0.15, 0.2) is 0 Å². The standard InChI is InChI=1S/C25H54N.3HI/c1-5-8-11-14-17-20-23-26(4,24-21-18-15-12-9-6-2)25-22-19-16-13-10-7-3;;;/h5-25H2,1-4H3;3*1H/q+1;;;. The third-order valence-electron chi connectivity index (χ3n) is 6.15. The van der Waals surface area contributed by atoms with Crippen molar-refractivity contribution in [2.45, 2.75) is 136 Å². The summed E-state index contributed by atoms with van der Waals surface area (Å²) in [4.78, 5) is 0. The van der Waals surface area contributed by atoms with Gasteiger partial charge in [0.25, 0.3) is 0 Å². The topological polar surface area (TPSA) is 0 Å². The number of rotatable bonds is 21. The first-order valence-electron chi connectivity index (χ1n) is 12.5. The zero-order chi connectivity index (χ0) is 19.3. The number of nitrogens with zero attached hydrogens (tertiary/aromatic N) is 1. The zero-order valence-corrected chi connectivity index (χ0v) is 27.5. The van der Waals surface area contributed by atoms with Gasteiger partial charge in [-0.3, -0.25) is 0 Å². The van der Waals surface area contributed by atoms with Crippen molar-refractivity contribution in [3.63, 3.8) is 0 Å². The predicted octanol–water partition coefficient (Wildman–Crippen LogP) is 10.4. The molecule has 0 radical (unpaired) electrons. The van der Waals surface area contributed by atoms with Crippen molar-refractivity contribution in [3.05, 3.63) is 0 Å². The Bertz CT molecular complexity index is 234. The van der Waals surface area contributed by atoms with E-state index < -0.39 is 0 Å². The molecule has 0 heterocycles. The van der Waals surface area contributed by atoms with Crippen molar-refractivity contribution in [2.75, 3.05) is 26.7 Å². The second kappa shape index (κ2) is 30.1. The van der Waals surface area contributed by atoms with E-state index in [0.29, 0.717) is 0 Å². The summed E-state index contributed by atoms with van der Waals surface area (Å²) in [5, 5.41) is 0. The Balaban J connectivity index is -0.00000104. The summed E-state index contributed by atoms with van der Waals surface area (Å²) < 4.78 is 1.36. The second-order valence-electron chi connectivity index (χ2n) is 9.09. The van der Waals surface area contributed by atoms with E-state index in [0.717, 1.165) is 0 Å². The number of hydrogen-bond acceptors (Lipinski definition) is 0. The van der Waals surface area contributed by atoms with E-state index in [9.17, 15) is 0 Å². The smallest absolute Gasteiger partial charge is 0.0784 e. The summed E-state index contributed by atoms with van der Waals surface area (Å²) >= 11 is 0. The second-order valence-corrected chi connectivity index (χ2v) is 9.09. The molecule has 0 aliphatic carbocycles. The lowest BCUT2D eigenvalue weighted by atomic mass is 10.1. The first-order chi connectivity index (χ1) is 12.7. The number of unbranched alkanes of at least 4 members (excludes halogenated alkanes) is 15. The molecule has 182 valence electrons. The van der Waals surface area contributed by atoms with E-state index in [2.05, 4.69) is 27.8 Å². The van der Waals surface area contributed by atoms with Crippen molar-refractivity contribution in [1.82, 2.24) is 0 Å². The molecule has 0 N–H and O–H groups in total. The Morgan fingerprint density at radius 3 is 0.793 bits per heavy atom. The average molecular weight is 752 g/mol. The highest BCUT2D eigenvalue weighted by Crippen LogP contribution is 2.16. The van der Waals surface area contributed by atoms with Crippen LogP contribution in [0.1, 0.15) is 136 Å². The molecule has 0 saturated heterocycles. The van der Waals surface area contributed by atoms with E-state index in [1.165, 1.54) is 140 Å². The minimum atomic E-state index is 0. The van der Waals surface area contributed by atoms with Crippen molar-refractivity contribution in [3.8, 4) is 0 Å². The van der Waals surface area contributed by atoms with Gasteiger partial charge in [0, 0.05) is 0 Å². The molecule has 0 bridgehead atoms. The van der Waals surface area contributed by atoms with Crippen molar-refractivity contribution < 1.29 is 4.48 Å². The fourth-order valence-electron chi connectivity index (χ4n) is 4.16. The number of quaternary nitrogens is 1. The van der Waals surface area contributed by atoms with E-state index >= 15 is 0 Å². The van der Waals surface area contributed by atoms with Gasteiger partial charge in [-0.25, -0.2) is 0 Å². The molecule has 0 aliphatic rings. The summed E-state index contributed by atoms with van der Waals surface area (Å²) in [5.41, 5.74) is 0. The highest BCUT2D eigenvalue weighted by Gasteiger charge is 2.20. The lowest BCUT2D eigenvalue weighted by Gasteiger charge is -2.35. The zero-order valence-electron chi connectivity index (χ0n) is 20.5. The lowest BCUT2D eigenvalue weighted by molar-refractivity contribution is -0.910. The molecule has 0 rings (SSSR count). The van der Waals surface area contributed by atoms with Crippen LogP contribution in [0.4, 0.5) is 0 Å². The maximum absolute atomic E-state index is 2.56. The van der Waals surface area contributed by atoms with E-state index in [-0.39, 0.29) is 71.9 Å². The summed E-state index contributed by atoms with van der Waals surface area (Å²) in [7, 11) is 2.56. The normalized spacial score (nSPS) is 10.8. The van der Waals surface area contributed by atoms with Crippen LogP contribution in [-0.2, 0) is 0 Å². The maximum atomic E-state index is 2.56. The Morgan fingerprint density at radius 1 is 0.345 bits per heavy atom. The van der Waals surface area contributed by atoms with Gasteiger partial charge in [0.1, 0.15) is 0 Å². The van der Waals surface area contributed by atoms with E-state index in [1.807, 2.05) is 0 Å². The van der Waals surface area contributed by atoms with Crippen LogP contribution in [0.25, 0.3) is 0 Å². The fraction of sp³-hybridized carbons (Fsp3) is 1.00. The lowest BCUT2D eigenvalue weighted by Crippen LogP contribution is -2.46. The van der Waals surface area contributed by atoms with Gasteiger partial charge in [-0.2, -0.15) is 0 Å². The molecule has 0 saturated carbocycles. The minimum absolute atomic E-state index is 0. The SMILES string of the molecule is CCCCCCCC[N+](C)(CCCCCCCC)CCCCCCCC.I.I.I. The van der Waals surface area contributed by atoms with Gasteiger partial charge in [0.05, 0.1) is 26.7 Å². The van der Waals surface area contributed by atoms with Crippen LogP contribution >= 0.6 is 71.9 Å². The van der Waals surface area contributed by atoms with Gasteiger partial charge >= 0.3 is 0 Å². The van der Waals surface area contributed by atoms with Crippen LogP contribution in [0.5, 0.6) is 0 Å². The molecule has 0 unspecified atom stereocenters. The highest BCUT2D eigenvalue weighted by molar-refractivity contribution is 14.0. The van der Waals surface area contributed by atoms with Crippen LogP contribution in [0.15, 0.2) is 0 Å². The highest BCUT2D eigenvalue weighted by atomic mass is 127. The summed E-state index contributed by atoms with van der Waals surface area (Å²) in [5.74, 6) is 0. The van der Waals surface area contributed by atoms with Crippen LogP contribution in [0.2, 0.25) is 0 Å². The summed E-state index contributed by atoms with van der Waals surface area (Å²) in [6, 6.07) is 0. The van der Waals surface area contributed by atoms with Crippen molar-refractivity contribution >= 4 is 71.9 Å². The van der Waals surface area contributed by atoms with Crippen LogP contribution in [-0.4, -0.2) is 31.2 Å². The molecule has 0 aliphatic heterocycles. The molecule has 0 amide bonds. The van der Waals surface area contributed by atoms with Gasteiger partial charge in [-0.1, -0.05) is 97.8 Å². The van der Waals surface area contributed by atoms with Crippen molar-refractivity contribution in [2.24, 2.45) is 0 Å². The molecule has 0 aromatic carbocycles. The largest absolute Gasteiger partial charge is 0.326 e. The van der Waals surface area contributed by atoms with Crippen LogP contribution in [0.3, 0.4) is 0 Å². The average Bonchev–Trinajstić information content (AvgIpc) is 2.64. The van der Waals surface area contributed by atoms with Gasteiger partial charge in [-0.05, 0) is 38.5 Å². The number of halogens is 3. The quantitative estimate of drug-likeness (QED) is 0.0623. The predicted molar refractivity (Wildman–Crippen MR) is 167 cm³/mol. The Morgan fingerprint density at radius 2 is 0.552 bits per heavy atom. The van der Waals surface area contributed by atoms with E-state index in [4.69, 9.17) is 0 Å². The molecule has 0 aromatic heterocycles. The molecule has 4 heteroatoms. The van der Waals surface area contributed by atoms with Gasteiger partial charge < -0.3 is 4.48 Å². The first kappa shape index (κ1) is 38.4. The van der Waals surface area contributed by atoms with Crippen LogP contribution < -0.4 is 0 Å². The van der Waals surface area contributed by atoms with Gasteiger partial charge in [0.2, 0.25) is 0 Å². The molecular weight excluding hydrogens is 695 g/mol. The van der Waals surface area contributed by atoms with Crippen LogP contribution in [0, 0.1) is 0 Å². The molecule has 0 aromatic rings.